The van der Waals surface area contributed by atoms with Crippen molar-refractivity contribution in [3.05, 3.63) is 96.8 Å². The summed E-state index contributed by atoms with van der Waals surface area (Å²) in [7, 11) is 0. The number of fused-ring (bicyclic) bond motifs is 4. The van der Waals surface area contributed by atoms with Gasteiger partial charge in [0.05, 0.1) is 33.9 Å². The van der Waals surface area contributed by atoms with Gasteiger partial charge in [0.15, 0.2) is 0 Å². The van der Waals surface area contributed by atoms with Crippen LogP contribution in [0.15, 0.2) is 91.3 Å². The summed E-state index contributed by atoms with van der Waals surface area (Å²) in [6.45, 7) is 0. The second-order valence-corrected chi connectivity index (χ2v) is 10.6. The number of nitrogens with zero attached hydrogens (tertiary/aromatic N) is 3. The van der Waals surface area contributed by atoms with Crippen molar-refractivity contribution in [3.8, 4) is 16.9 Å². The maximum atomic E-state index is 12.3. The lowest BCUT2D eigenvalue weighted by Crippen LogP contribution is -2.29. The van der Waals surface area contributed by atoms with Gasteiger partial charge in [0, 0.05) is 46.2 Å². The minimum Gasteiger partial charge on any atom is -0.393 e. The van der Waals surface area contributed by atoms with Crippen LogP contribution in [0.3, 0.4) is 0 Å². The molecular formula is C33H29N5O2. The van der Waals surface area contributed by atoms with Crippen LogP contribution in [0.5, 0.6) is 0 Å². The Morgan fingerprint density at radius 1 is 0.875 bits per heavy atom. The van der Waals surface area contributed by atoms with Crippen LogP contribution in [-0.4, -0.2) is 37.7 Å². The smallest absolute Gasteiger partial charge is 0.252 e. The zero-order valence-electron chi connectivity index (χ0n) is 21.9. The normalized spacial score (nSPS) is 17.4. The average molecular weight is 528 g/mol. The highest BCUT2D eigenvalue weighted by molar-refractivity contribution is 6.16. The Morgan fingerprint density at radius 2 is 1.65 bits per heavy atom. The second kappa shape index (κ2) is 9.77. The van der Waals surface area contributed by atoms with Crippen LogP contribution in [0.4, 0.5) is 5.69 Å². The maximum Gasteiger partial charge on any atom is 0.252 e. The van der Waals surface area contributed by atoms with Crippen molar-refractivity contribution >= 4 is 44.3 Å². The third-order valence-corrected chi connectivity index (χ3v) is 8.04. The van der Waals surface area contributed by atoms with Crippen LogP contribution in [-0.2, 0) is 0 Å². The molecule has 0 radical (unpaired) electrons. The van der Waals surface area contributed by atoms with Gasteiger partial charge in [-0.05, 0) is 55.5 Å². The van der Waals surface area contributed by atoms with Gasteiger partial charge in [0.25, 0.3) is 5.91 Å². The molecule has 1 aliphatic rings. The molecular weight excluding hydrogens is 498 g/mol. The Kier molecular flexibility index (Phi) is 5.94. The Bertz CT molecular complexity index is 1900. The highest BCUT2D eigenvalue weighted by Gasteiger charge is 2.23. The highest BCUT2D eigenvalue weighted by Crippen LogP contribution is 2.39. The number of aliphatic hydroxyl groups excluding tert-OH is 1. The summed E-state index contributed by atoms with van der Waals surface area (Å²) in [4.78, 5) is 21.8. The van der Waals surface area contributed by atoms with Gasteiger partial charge in [0.2, 0.25) is 0 Å². The molecule has 1 saturated carbocycles. The van der Waals surface area contributed by atoms with E-state index in [9.17, 15) is 9.90 Å². The lowest BCUT2D eigenvalue weighted by atomic mass is 9.93. The molecule has 0 spiro atoms. The molecule has 3 aromatic heterocycles. The number of carbonyl (C=O) groups excluding carboxylic acids is 1. The van der Waals surface area contributed by atoms with Crippen LogP contribution in [0.25, 0.3) is 49.7 Å². The summed E-state index contributed by atoms with van der Waals surface area (Å²) in [6, 6.07) is 27.0. The summed E-state index contributed by atoms with van der Waals surface area (Å²) >= 11 is 0. The number of hydrogen-bond donors (Lipinski definition) is 3. The van der Waals surface area contributed by atoms with Gasteiger partial charge in [-0.25, -0.2) is 4.98 Å². The van der Waals surface area contributed by atoms with Crippen LogP contribution < -0.4 is 11.1 Å². The fourth-order valence-electron chi connectivity index (χ4n) is 6.05. The van der Waals surface area contributed by atoms with Gasteiger partial charge in [0.1, 0.15) is 5.82 Å². The Balaban J connectivity index is 1.41. The molecule has 0 unspecified atom stereocenters. The number of nitrogens with two attached hydrogens (primary N) is 1. The molecule has 1 amide bonds. The summed E-state index contributed by atoms with van der Waals surface area (Å²) in [5, 5.41) is 16.8. The van der Waals surface area contributed by atoms with Crippen LogP contribution in [0, 0.1) is 0 Å². The molecule has 0 atom stereocenters. The molecule has 40 heavy (non-hydrogen) atoms. The molecule has 7 nitrogen and oxygen atoms in total. The Labute approximate surface area is 231 Å². The number of hydrogen-bond acceptors (Lipinski definition) is 5. The fraction of sp³-hybridized carbons (Fsp3) is 0.182. The molecule has 3 aromatic carbocycles. The first-order valence-corrected chi connectivity index (χ1v) is 13.7. The second-order valence-electron chi connectivity index (χ2n) is 10.6. The third-order valence-electron chi connectivity index (χ3n) is 8.04. The number of pyridine rings is 2. The fourth-order valence-corrected chi connectivity index (χ4v) is 6.05. The lowest BCUT2D eigenvalue weighted by Gasteiger charge is -2.27. The molecule has 198 valence electrons. The van der Waals surface area contributed by atoms with Crippen LogP contribution in [0.1, 0.15) is 36.0 Å². The van der Waals surface area contributed by atoms with E-state index in [4.69, 9.17) is 15.7 Å². The molecule has 0 aliphatic heterocycles. The van der Waals surface area contributed by atoms with E-state index in [0.29, 0.717) is 17.1 Å². The monoisotopic (exact) mass is 527 g/mol. The van der Waals surface area contributed by atoms with Crippen molar-refractivity contribution in [1.82, 2.24) is 14.5 Å². The molecule has 0 bridgehead atoms. The number of aromatic nitrogens is 3. The average Bonchev–Trinajstić information content (AvgIpc) is 3.32. The summed E-state index contributed by atoms with van der Waals surface area (Å²) in [5.41, 5.74) is 11.9. The number of aliphatic hydroxyl groups is 1. The first kappa shape index (κ1) is 24.3. The number of carbonyl (C=O) groups is 1. The topological polar surface area (TPSA) is 106 Å². The quantitative estimate of drug-likeness (QED) is 0.247. The molecule has 6 aromatic rings. The van der Waals surface area contributed by atoms with Crippen molar-refractivity contribution in [2.45, 2.75) is 37.8 Å². The Morgan fingerprint density at radius 3 is 2.50 bits per heavy atom. The van der Waals surface area contributed by atoms with Crippen molar-refractivity contribution in [2.24, 2.45) is 5.73 Å². The van der Waals surface area contributed by atoms with E-state index in [1.165, 1.54) is 0 Å². The number of nitrogens with one attached hydrogen (secondary N) is 1. The summed E-state index contributed by atoms with van der Waals surface area (Å²) < 4.78 is 2.14. The van der Waals surface area contributed by atoms with E-state index >= 15 is 0 Å². The lowest BCUT2D eigenvalue weighted by molar-refractivity contribution is 0.1000. The van der Waals surface area contributed by atoms with Crippen molar-refractivity contribution in [2.75, 3.05) is 5.32 Å². The zero-order valence-corrected chi connectivity index (χ0v) is 21.9. The van der Waals surface area contributed by atoms with Gasteiger partial charge in [-0.1, -0.05) is 48.5 Å². The van der Waals surface area contributed by atoms with Gasteiger partial charge >= 0.3 is 0 Å². The van der Waals surface area contributed by atoms with Crippen molar-refractivity contribution < 1.29 is 9.90 Å². The standard InChI is InChI=1S/C33H29N5O2/c34-33(40)26-19-36-31(17-28(26)37-22-12-14-23(39)15-13-22)38-29-10-4-2-7-25(29)32-24(8-5-11-30(32)38)21-16-20-6-1-3-9-27(20)35-18-21/h1-11,16-19,22-23,39H,12-15H2,(H2,34,40)(H,36,37). The number of para-hydroxylation sites is 2. The van der Waals surface area contributed by atoms with E-state index in [2.05, 4.69) is 58.4 Å². The summed E-state index contributed by atoms with van der Waals surface area (Å²) in [5.74, 6) is 0.175. The zero-order chi connectivity index (χ0) is 27.2. The van der Waals surface area contributed by atoms with Crippen molar-refractivity contribution in [3.63, 3.8) is 0 Å². The number of benzene rings is 3. The predicted molar refractivity (Wildman–Crippen MR) is 160 cm³/mol. The molecule has 3 heterocycles. The van der Waals surface area contributed by atoms with E-state index in [-0.39, 0.29) is 12.1 Å². The Hall–Kier alpha value is -4.75. The van der Waals surface area contributed by atoms with Gasteiger partial charge in [-0.15, -0.1) is 0 Å². The van der Waals surface area contributed by atoms with Crippen LogP contribution in [0.2, 0.25) is 0 Å². The van der Waals surface area contributed by atoms with Crippen molar-refractivity contribution in [1.29, 1.82) is 0 Å². The predicted octanol–water partition coefficient (Wildman–Crippen LogP) is 6.21. The van der Waals surface area contributed by atoms with Gasteiger partial charge in [-0.2, -0.15) is 0 Å². The van der Waals surface area contributed by atoms with Gasteiger partial charge in [-0.3, -0.25) is 14.3 Å². The maximum absolute atomic E-state index is 12.3. The highest BCUT2D eigenvalue weighted by atomic mass is 16.3. The van der Waals surface area contributed by atoms with Crippen LogP contribution >= 0.6 is 0 Å². The minimum absolute atomic E-state index is 0.155. The third kappa shape index (κ3) is 4.15. The van der Waals surface area contributed by atoms with E-state index in [0.717, 1.165) is 69.5 Å². The number of amides is 1. The molecule has 7 heteroatoms. The first-order valence-electron chi connectivity index (χ1n) is 13.7. The largest absolute Gasteiger partial charge is 0.393 e. The number of primary amides is 1. The number of rotatable bonds is 5. The molecule has 1 fully saturated rings. The summed E-state index contributed by atoms with van der Waals surface area (Å²) in [6.07, 6.45) is 6.38. The SMILES string of the molecule is NC(=O)c1cnc(-n2c3ccccc3c3c(-c4cnc5ccccc5c4)cccc32)cc1NC1CCC(O)CC1. The molecule has 4 N–H and O–H groups in total. The van der Waals surface area contributed by atoms with E-state index in [1.54, 1.807) is 6.20 Å². The minimum atomic E-state index is -0.522. The first-order chi connectivity index (χ1) is 19.6. The molecule has 7 rings (SSSR count). The number of anilines is 1. The van der Waals surface area contributed by atoms with E-state index in [1.807, 2.05) is 36.5 Å². The molecule has 1 aliphatic carbocycles. The molecule has 0 saturated heterocycles. The van der Waals surface area contributed by atoms with E-state index < -0.39 is 5.91 Å². The van der Waals surface area contributed by atoms with Gasteiger partial charge < -0.3 is 16.2 Å².